The van der Waals surface area contributed by atoms with Crippen molar-refractivity contribution in [3.63, 3.8) is 0 Å². The minimum atomic E-state index is -0.453. The Kier molecular flexibility index (Phi) is 3.63. The summed E-state index contributed by atoms with van der Waals surface area (Å²) in [6.45, 7) is 0.354. The minimum absolute atomic E-state index is 0.0911. The Morgan fingerprint density at radius 3 is 2.50 bits per heavy atom. The molecule has 2 rings (SSSR count). The van der Waals surface area contributed by atoms with E-state index in [4.69, 9.17) is 5.73 Å². The summed E-state index contributed by atoms with van der Waals surface area (Å²) in [5, 5.41) is 2.76. The van der Waals surface area contributed by atoms with Gasteiger partial charge < -0.3 is 11.1 Å². The van der Waals surface area contributed by atoms with E-state index in [-0.39, 0.29) is 11.8 Å². The highest BCUT2D eigenvalue weighted by molar-refractivity contribution is 5.92. The largest absolute Gasteiger partial charge is 0.366 e. The van der Waals surface area contributed by atoms with Crippen LogP contribution < -0.4 is 11.1 Å². The maximum Gasteiger partial charge on any atom is 0.248 e. The molecule has 2 amide bonds. The maximum atomic E-state index is 11.3. The first kappa shape index (κ1) is 12.2. The molecule has 3 N–H and O–H groups in total. The molecule has 0 unspecified atom stereocenters. The van der Waals surface area contributed by atoms with Gasteiger partial charge in [0.15, 0.2) is 0 Å². The Morgan fingerprint density at radius 1 is 1.28 bits per heavy atom. The zero-order chi connectivity index (χ0) is 13.0. The van der Waals surface area contributed by atoms with Crippen molar-refractivity contribution in [1.82, 2.24) is 5.32 Å². The number of hydrogen-bond acceptors (Lipinski definition) is 2. The summed E-state index contributed by atoms with van der Waals surface area (Å²) < 4.78 is 0. The average molecular weight is 242 g/mol. The normalized spacial score (nSPS) is 13.3. The Bertz CT molecular complexity index is 519. The van der Waals surface area contributed by atoms with Crippen LogP contribution in [0.3, 0.4) is 0 Å². The van der Waals surface area contributed by atoms with Gasteiger partial charge in [-0.2, -0.15) is 0 Å². The van der Waals surface area contributed by atoms with Gasteiger partial charge in [-0.25, -0.2) is 0 Å². The van der Waals surface area contributed by atoms with Crippen molar-refractivity contribution >= 4 is 11.8 Å². The lowest BCUT2D eigenvalue weighted by Crippen LogP contribution is -2.24. The van der Waals surface area contributed by atoms with E-state index in [1.54, 1.807) is 24.3 Å². The Hall–Kier alpha value is -2.28. The average Bonchev–Trinajstić information content (AvgIpc) is 3.19. The van der Waals surface area contributed by atoms with Crippen molar-refractivity contribution in [3.05, 3.63) is 35.4 Å². The third kappa shape index (κ3) is 3.36. The zero-order valence-electron chi connectivity index (χ0n) is 9.90. The predicted octanol–water partition coefficient (Wildman–Crippen LogP) is 0.663. The highest BCUT2D eigenvalue weighted by Gasteiger charge is 2.28. The van der Waals surface area contributed by atoms with Crippen LogP contribution in [0.1, 0.15) is 28.8 Å². The summed E-state index contributed by atoms with van der Waals surface area (Å²) in [6, 6.07) is 6.73. The Balaban J connectivity index is 1.85. The fraction of sp³-hybridized carbons (Fsp3) is 0.286. The molecule has 0 aliphatic heterocycles. The van der Waals surface area contributed by atoms with Crippen LogP contribution in [0.5, 0.6) is 0 Å². The molecule has 4 heteroatoms. The third-order valence-corrected chi connectivity index (χ3v) is 2.70. The van der Waals surface area contributed by atoms with Crippen LogP contribution in [0.15, 0.2) is 24.3 Å². The van der Waals surface area contributed by atoms with Crippen LogP contribution in [0.25, 0.3) is 0 Å². The summed E-state index contributed by atoms with van der Waals surface area (Å²) >= 11 is 0. The van der Waals surface area contributed by atoms with Crippen molar-refractivity contribution in [3.8, 4) is 11.8 Å². The molecule has 0 heterocycles. The van der Waals surface area contributed by atoms with Gasteiger partial charge in [0.1, 0.15) is 0 Å². The molecule has 1 aromatic carbocycles. The maximum absolute atomic E-state index is 11.3. The lowest BCUT2D eigenvalue weighted by Gasteiger charge is -1.97. The predicted molar refractivity (Wildman–Crippen MR) is 67.6 cm³/mol. The molecular weight excluding hydrogens is 228 g/mol. The van der Waals surface area contributed by atoms with Gasteiger partial charge in [-0.15, -0.1) is 0 Å². The number of nitrogens with one attached hydrogen (secondary N) is 1. The first-order valence-corrected chi connectivity index (χ1v) is 5.83. The molecule has 0 radical (unpaired) electrons. The summed E-state index contributed by atoms with van der Waals surface area (Å²) in [7, 11) is 0. The summed E-state index contributed by atoms with van der Waals surface area (Å²) in [5.41, 5.74) is 6.38. The molecule has 1 aliphatic rings. The highest BCUT2D eigenvalue weighted by atomic mass is 16.2. The van der Waals surface area contributed by atoms with Crippen LogP contribution in [0.2, 0.25) is 0 Å². The van der Waals surface area contributed by atoms with Crippen LogP contribution in [0, 0.1) is 17.8 Å². The standard InChI is InChI=1S/C14H14N2O2/c15-13(17)11-5-3-10(4-6-11)2-1-9-16-14(18)12-7-8-12/h3-6,12H,7-9H2,(H2,15,17)(H,16,18). The van der Waals surface area contributed by atoms with Gasteiger partial charge in [-0.3, -0.25) is 9.59 Å². The van der Waals surface area contributed by atoms with Crippen LogP contribution in [-0.2, 0) is 4.79 Å². The molecule has 1 fully saturated rings. The molecule has 92 valence electrons. The molecule has 18 heavy (non-hydrogen) atoms. The topological polar surface area (TPSA) is 72.2 Å². The van der Waals surface area contributed by atoms with Crippen molar-refractivity contribution < 1.29 is 9.59 Å². The second kappa shape index (κ2) is 5.37. The molecule has 1 aromatic rings. The second-order valence-corrected chi connectivity index (χ2v) is 4.24. The van der Waals surface area contributed by atoms with Crippen molar-refractivity contribution in [2.75, 3.05) is 6.54 Å². The van der Waals surface area contributed by atoms with E-state index in [0.29, 0.717) is 12.1 Å². The smallest absolute Gasteiger partial charge is 0.248 e. The lowest BCUT2D eigenvalue weighted by atomic mass is 10.1. The van der Waals surface area contributed by atoms with Gasteiger partial charge in [0.05, 0.1) is 6.54 Å². The third-order valence-electron chi connectivity index (χ3n) is 2.70. The fourth-order valence-corrected chi connectivity index (χ4v) is 1.49. The van der Waals surface area contributed by atoms with Gasteiger partial charge >= 0.3 is 0 Å². The van der Waals surface area contributed by atoms with Gasteiger partial charge in [0.25, 0.3) is 0 Å². The van der Waals surface area contributed by atoms with Crippen molar-refractivity contribution in [2.45, 2.75) is 12.8 Å². The number of primary amides is 1. The fourth-order valence-electron chi connectivity index (χ4n) is 1.49. The van der Waals surface area contributed by atoms with Gasteiger partial charge in [0, 0.05) is 17.0 Å². The van der Waals surface area contributed by atoms with Gasteiger partial charge in [0.2, 0.25) is 11.8 Å². The SMILES string of the molecule is NC(=O)c1ccc(C#CCNC(=O)C2CC2)cc1. The minimum Gasteiger partial charge on any atom is -0.366 e. The van der Waals surface area contributed by atoms with Crippen LogP contribution in [0.4, 0.5) is 0 Å². The number of carbonyl (C=O) groups excluding carboxylic acids is 2. The van der Waals surface area contributed by atoms with Gasteiger partial charge in [-0.1, -0.05) is 11.8 Å². The van der Waals surface area contributed by atoms with E-state index < -0.39 is 5.91 Å². The summed E-state index contributed by atoms with van der Waals surface area (Å²) in [4.78, 5) is 22.2. The molecule has 0 aromatic heterocycles. The Morgan fingerprint density at radius 2 is 1.94 bits per heavy atom. The van der Waals surface area contributed by atoms with Crippen LogP contribution in [-0.4, -0.2) is 18.4 Å². The van der Waals surface area contributed by atoms with E-state index in [0.717, 1.165) is 18.4 Å². The van der Waals surface area contributed by atoms with Gasteiger partial charge in [-0.05, 0) is 37.1 Å². The quantitative estimate of drug-likeness (QED) is 0.764. The van der Waals surface area contributed by atoms with E-state index in [9.17, 15) is 9.59 Å². The monoisotopic (exact) mass is 242 g/mol. The zero-order valence-corrected chi connectivity index (χ0v) is 9.90. The lowest BCUT2D eigenvalue weighted by molar-refractivity contribution is -0.122. The van der Waals surface area contributed by atoms with Crippen molar-refractivity contribution in [1.29, 1.82) is 0 Å². The van der Waals surface area contributed by atoms with Crippen molar-refractivity contribution in [2.24, 2.45) is 11.7 Å². The number of nitrogens with two attached hydrogens (primary N) is 1. The first-order chi connectivity index (χ1) is 8.66. The van der Waals surface area contributed by atoms with E-state index >= 15 is 0 Å². The van der Waals surface area contributed by atoms with Crippen LogP contribution >= 0.6 is 0 Å². The molecule has 1 saturated carbocycles. The molecule has 0 atom stereocenters. The molecule has 0 bridgehead atoms. The number of carbonyl (C=O) groups is 2. The number of hydrogen-bond donors (Lipinski definition) is 2. The molecular formula is C14H14N2O2. The van der Waals surface area contributed by atoms with E-state index in [1.165, 1.54) is 0 Å². The number of benzene rings is 1. The molecule has 0 spiro atoms. The van der Waals surface area contributed by atoms with E-state index in [1.807, 2.05) is 0 Å². The molecule has 4 nitrogen and oxygen atoms in total. The number of amides is 2. The highest BCUT2D eigenvalue weighted by Crippen LogP contribution is 2.28. The molecule has 1 aliphatic carbocycles. The number of rotatable bonds is 3. The summed E-state index contributed by atoms with van der Waals surface area (Å²) in [6.07, 6.45) is 1.99. The second-order valence-electron chi connectivity index (χ2n) is 4.24. The summed E-state index contributed by atoms with van der Waals surface area (Å²) in [5.74, 6) is 5.62. The van der Waals surface area contributed by atoms with E-state index in [2.05, 4.69) is 17.2 Å². The molecule has 0 saturated heterocycles. The Labute approximate surface area is 106 Å². The first-order valence-electron chi connectivity index (χ1n) is 5.83.